The molecule has 2 unspecified atom stereocenters. The van der Waals surface area contributed by atoms with Crippen LogP contribution in [0.2, 0.25) is 0 Å². The van der Waals surface area contributed by atoms with E-state index < -0.39 is 0 Å². The van der Waals surface area contributed by atoms with Crippen molar-refractivity contribution < 1.29 is 9.47 Å². The molecule has 3 aromatic rings. The van der Waals surface area contributed by atoms with Gasteiger partial charge in [0.15, 0.2) is 0 Å². The molecule has 0 aromatic heterocycles. The van der Waals surface area contributed by atoms with Crippen molar-refractivity contribution in [1.82, 2.24) is 5.01 Å². The Morgan fingerprint density at radius 3 is 2.63 bits per heavy atom. The summed E-state index contributed by atoms with van der Waals surface area (Å²) in [6, 6.07) is 23.2. The van der Waals surface area contributed by atoms with Crippen LogP contribution in [0.5, 0.6) is 11.5 Å². The Morgan fingerprint density at radius 1 is 1.10 bits per heavy atom. The molecule has 5 heteroatoms. The number of hydrogen-bond donors (Lipinski definition) is 0. The number of rotatable bonds is 4. The zero-order chi connectivity index (χ0) is 20.7. The summed E-state index contributed by atoms with van der Waals surface area (Å²) >= 11 is 3.61. The summed E-state index contributed by atoms with van der Waals surface area (Å²) in [7, 11) is 1.67. The molecule has 0 aliphatic carbocycles. The molecule has 2 atom stereocenters. The van der Waals surface area contributed by atoms with E-state index in [1.54, 1.807) is 7.11 Å². The molecule has 4 nitrogen and oxygen atoms in total. The van der Waals surface area contributed by atoms with Crippen molar-refractivity contribution in [2.75, 3.05) is 7.11 Å². The van der Waals surface area contributed by atoms with Crippen LogP contribution in [0.1, 0.15) is 47.9 Å². The first-order chi connectivity index (χ1) is 14.7. The molecular formula is C25H23BrN2O2. The molecule has 0 saturated heterocycles. The van der Waals surface area contributed by atoms with Crippen molar-refractivity contribution >= 4 is 21.6 Å². The fourth-order valence-electron chi connectivity index (χ4n) is 4.20. The number of hydrogen-bond acceptors (Lipinski definition) is 4. The topological polar surface area (TPSA) is 34.1 Å². The van der Waals surface area contributed by atoms with Gasteiger partial charge in [-0.1, -0.05) is 49.4 Å². The Morgan fingerprint density at radius 2 is 1.90 bits per heavy atom. The molecule has 0 N–H and O–H groups in total. The lowest BCUT2D eigenvalue weighted by atomic mass is 9.95. The highest BCUT2D eigenvalue weighted by molar-refractivity contribution is 9.10. The first-order valence-corrected chi connectivity index (χ1v) is 11.0. The fourth-order valence-corrected chi connectivity index (χ4v) is 4.76. The van der Waals surface area contributed by atoms with Crippen molar-refractivity contribution in [2.45, 2.75) is 32.0 Å². The van der Waals surface area contributed by atoms with Gasteiger partial charge in [0.25, 0.3) is 0 Å². The largest absolute Gasteiger partial charge is 0.496 e. The quantitative estimate of drug-likeness (QED) is 0.458. The van der Waals surface area contributed by atoms with Crippen LogP contribution in [0.4, 0.5) is 0 Å². The van der Waals surface area contributed by atoms with Crippen LogP contribution in [0.3, 0.4) is 0 Å². The van der Waals surface area contributed by atoms with Gasteiger partial charge in [0.1, 0.15) is 11.5 Å². The van der Waals surface area contributed by atoms with Gasteiger partial charge in [-0.3, -0.25) is 0 Å². The van der Waals surface area contributed by atoms with Gasteiger partial charge < -0.3 is 9.47 Å². The van der Waals surface area contributed by atoms with E-state index in [1.165, 1.54) is 16.7 Å². The first-order valence-electron chi connectivity index (χ1n) is 10.2. The van der Waals surface area contributed by atoms with Gasteiger partial charge in [-0.15, -0.1) is 0 Å². The zero-order valence-corrected chi connectivity index (χ0v) is 18.6. The Labute approximate surface area is 185 Å². The second kappa shape index (κ2) is 7.80. The molecule has 2 heterocycles. The number of fused-ring (bicyclic) bond motifs is 3. The minimum atomic E-state index is -0.292. The minimum Gasteiger partial charge on any atom is -0.496 e. The van der Waals surface area contributed by atoms with Crippen molar-refractivity contribution in [1.29, 1.82) is 0 Å². The third-order valence-electron chi connectivity index (χ3n) is 5.86. The maximum absolute atomic E-state index is 6.44. The van der Waals surface area contributed by atoms with Crippen molar-refractivity contribution in [3.05, 3.63) is 93.5 Å². The number of ether oxygens (including phenoxy) is 2. The van der Waals surface area contributed by atoms with Crippen LogP contribution < -0.4 is 9.47 Å². The van der Waals surface area contributed by atoms with Crippen molar-refractivity contribution in [2.24, 2.45) is 5.10 Å². The van der Waals surface area contributed by atoms with Gasteiger partial charge >= 0.3 is 0 Å². The lowest BCUT2D eigenvalue weighted by Crippen LogP contribution is -2.33. The third-order valence-corrected chi connectivity index (χ3v) is 6.48. The monoisotopic (exact) mass is 462 g/mol. The SMILES string of the molecule is CCc1ccc(C2=NN3C(C2)c2ccccc2OC3c2ccc(OC)c(Br)c2)cc1. The van der Waals surface area contributed by atoms with Crippen LogP contribution in [0.25, 0.3) is 0 Å². The maximum atomic E-state index is 6.44. The van der Waals surface area contributed by atoms with Gasteiger partial charge in [-0.25, -0.2) is 5.01 Å². The van der Waals surface area contributed by atoms with Gasteiger partial charge in [-0.2, -0.15) is 5.10 Å². The molecular weight excluding hydrogens is 440 g/mol. The van der Waals surface area contributed by atoms with Crippen molar-refractivity contribution in [3.8, 4) is 11.5 Å². The van der Waals surface area contributed by atoms with Gasteiger partial charge in [0.05, 0.1) is 23.3 Å². The normalized spacial score (nSPS) is 19.6. The number of benzene rings is 3. The van der Waals surface area contributed by atoms with Gasteiger partial charge in [-0.05, 0) is 57.7 Å². The summed E-state index contributed by atoms with van der Waals surface area (Å²) in [6.45, 7) is 2.17. The third kappa shape index (κ3) is 3.27. The fraction of sp³-hybridized carbons (Fsp3) is 0.240. The maximum Gasteiger partial charge on any atom is 0.213 e. The summed E-state index contributed by atoms with van der Waals surface area (Å²) in [5.41, 5.74) is 5.83. The number of aryl methyl sites for hydroxylation is 1. The van der Waals surface area contributed by atoms with E-state index in [-0.39, 0.29) is 12.3 Å². The molecule has 152 valence electrons. The Bertz CT molecular complexity index is 1110. The number of methoxy groups -OCH3 is 1. The highest BCUT2D eigenvalue weighted by Crippen LogP contribution is 2.48. The molecule has 0 spiro atoms. The molecule has 2 aliphatic heterocycles. The first kappa shape index (κ1) is 19.2. The van der Waals surface area contributed by atoms with Crippen LogP contribution in [-0.4, -0.2) is 17.8 Å². The molecule has 2 aliphatic rings. The smallest absolute Gasteiger partial charge is 0.213 e. The van der Waals surface area contributed by atoms with Gasteiger partial charge in [0.2, 0.25) is 6.23 Å². The van der Waals surface area contributed by atoms with E-state index in [1.807, 2.05) is 24.3 Å². The molecule has 30 heavy (non-hydrogen) atoms. The number of hydrazone groups is 1. The summed E-state index contributed by atoms with van der Waals surface area (Å²) in [5.74, 6) is 1.72. The highest BCUT2D eigenvalue weighted by atomic mass is 79.9. The summed E-state index contributed by atoms with van der Waals surface area (Å²) in [5, 5.41) is 7.15. The summed E-state index contributed by atoms with van der Waals surface area (Å²) in [4.78, 5) is 0. The van der Waals surface area contributed by atoms with E-state index in [9.17, 15) is 0 Å². The van der Waals surface area contributed by atoms with E-state index in [4.69, 9.17) is 14.6 Å². The molecule has 0 radical (unpaired) electrons. The second-order valence-electron chi connectivity index (χ2n) is 7.60. The highest BCUT2D eigenvalue weighted by Gasteiger charge is 2.40. The average molecular weight is 463 g/mol. The van der Waals surface area contributed by atoms with Crippen LogP contribution in [0.15, 0.2) is 76.3 Å². The predicted molar refractivity (Wildman–Crippen MR) is 122 cm³/mol. The number of nitrogens with zero attached hydrogens (tertiary/aromatic N) is 2. The molecule has 0 bridgehead atoms. The summed E-state index contributed by atoms with van der Waals surface area (Å²) < 4.78 is 12.7. The predicted octanol–water partition coefficient (Wildman–Crippen LogP) is 6.26. The molecule has 5 rings (SSSR count). The van der Waals surface area contributed by atoms with Crippen molar-refractivity contribution in [3.63, 3.8) is 0 Å². The molecule has 0 fully saturated rings. The van der Waals surface area contributed by atoms with E-state index in [0.717, 1.165) is 40.1 Å². The van der Waals surface area contributed by atoms with Gasteiger partial charge in [0, 0.05) is 17.5 Å². The Hall–Kier alpha value is -2.79. The van der Waals surface area contributed by atoms with E-state index >= 15 is 0 Å². The number of halogens is 1. The summed E-state index contributed by atoms with van der Waals surface area (Å²) in [6.07, 6.45) is 1.61. The Balaban J connectivity index is 1.56. The average Bonchev–Trinajstić information content (AvgIpc) is 3.24. The Kier molecular flexibility index (Phi) is 4.99. The lowest BCUT2D eigenvalue weighted by Gasteiger charge is -2.38. The van der Waals surface area contributed by atoms with Crippen LogP contribution in [0, 0.1) is 0 Å². The van der Waals surface area contributed by atoms with Crippen LogP contribution >= 0.6 is 15.9 Å². The minimum absolute atomic E-state index is 0.154. The van der Waals surface area contributed by atoms with Crippen LogP contribution in [-0.2, 0) is 6.42 Å². The lowest BCUT2D eigenvalue weighted by molar-refractivity contribution is -0.0190. The second-order valence-corrected chi connectivity index (χ2v) is 8.45. The molecule has 0 amide bonds. The van der Waals surface area contributed by atoms with E-state index in [2.05, 4.69) is 70.3 Å². The number of para-hydroxylation sites is 1. The molecule has 0 saturated carbocycles. The van der Waals surface area contributed by atoms with E-state index in [0.29, 0.717) is 0 Å². The standard InChI is InChI=1S/C25H23BrN2O2/c1-3-16-8-10-17(11-9-16)21-15-22-19-6-4-5-7-23(19)30-25(28(22)27-21)18-12-13-24(29-2)20(26)14-18/h4-14,22,25H,3,15H2,1-2H3. The molecule has 3 aromatic carbocycles. The zero-order valence-electron chi connectivity index (χ0n) is 17.0.